The molecule has 1 heterocycles. The van der Waals surface area contributed by atoms with Crippen LogP contribution in [0.15, 0.2) is 24.3 Å². The monoisotopic (exact) mass is 289 g/mol. The summed E-state index contributed by atoms with van der Waals surface area (Å²) < 4.78 is 5.28. The van der Waals surface area contributed by atoms with E-state index in [9.17, 15) is 5.11 Å². The van der Waals surface area contributed by atoms with Gasteiger partial charge in [-0.1, -0.05) is 31.2 Å². The van der Waals surface area contributed by atoms with Gasteiger partial charge in [-0.05, 0) is 55.3 Å². The Morgan fingerprint density at radius 2 is 1.86 bits per heavy atom. The number of ether oxygens (including phenoxy) is 1. The van der Waals surface area contributed by atoms with Gasteiger partial charge in [-0.2, -0.15) is 0 Å². The van der Waals surface area contributed by atoms with Crippen molar-refractivity contribution in [2.24, 2.45) is 5.92 Å². The second-order valence-electron chi connectivity index (χ2n) is 6.71. The van der Waals surface area contributed by atoms with Crippen LogP contribution in [0.2, 0.25) is 0 Å². The zero-order chi connectivity index (χ0) is 14.8. The molecule has 0 amide bonds. The van der Waals surface area contributed by atoms with Gasteiger partial charge in [-0.25, -0.2) is 0 Å². The van der Waals surface area contributed by atoms with E-state index in [1.807, 2.05) is 6.07 Å². The lowest BCUT2D eigenvalue weighted by Gasteiger charge is -2.43. The van der Waals surface area contributed by atoms with Crippen LogP contribution >= 0.6 is 0 Å². The maximum absolute atomic E-state index is 10.8. The number of aliphatic hydroxyl groups excluding tert-OH is 1. The first-order valence-electron chi connectivity index (χ1n) is 8.20. The highest BCUT2D eigenvalue weighted by Gasteiger charge is 2.36. The Morgan fingerprint density at radius 1 is 1.19 bits per heavy atom. The lowest BCUT2D eigenvalue weighted by Crippen LogP contribution is -2.47. The van der Waals surface area contributed by atoms with E-state index in [0.29, 0.717) is 11.8 Å². The van der Waals surface area contributed by atoms with Crippen molar-refractivity contribution in [1.29, 1.82) is 0 Å². The molecule has 3 unspecified atom stereocenters. The first kappa shape index (κ1) is 15.0. The smallest absolute Gasteiger partial charge is 0.0948 e. The minimum atomic E-state index is -0.337. The van der Waals surface area contributed by atoms with E-state index in [-0.39, 0.29) is 12.1 Å². The van der Waals surface area contributed by atoms with Gasteiger partial charge >= 0.3 is 0 Å². The number of methoxy groups -OCH3 is 1. The molecule has 2 aliphatic rings. The van der Waals surface area contributed by atoms with Gasteiger partial charge in [0.25, 0.3) is 0 Å². The van der Waals surface area contributed by atoms with Crippen LogP contribution in [0.4, 0.5) is 0 Å². The zero-order valence-corrected chi connectivity index (χ0v) is 13.2. The van der Waals surface area contributed by atoms with Gasteiger partial charge in [0.2, 0.25) is 0 Å². The first-order valence-corrected chi connectivity index (χ1v) is 8.20. The highest BCUT2D eigenvalue weighted by atomic mass is 16.5. The number of fused-ring (bicyclic) bond motifs is 1. The number of piperidine rings is 1. The molecule has 1 saturated heterocycles. The fourth-order valence-corrected chi connectivity index (χ4v) is 4.09. The van der Waals surface area contributed by atoms with E-state index < -0.39 is 0 Å². The molecule has 1 aliphatic carbocycles. The zero-order valence-electron chi connectivity index (χ0n) is 13.2. The third kappa shape index (κ3) is 3.01. The van der Waals surface area contributed by atoms with Crippen LogP contribution in [0, 0.1) is 5.92 Å². The van der Waals surface area contributed by atoms with E-state index in [2.05, 4.69) is 30.0 Å². The molecule has 21 heavy (non-hydrogen) atoms. The predicted molar refractivity (Wildman–Crippen MR) is 84.4 cm³/mol. The maximum Gasteiger partial charge on any atom is 0.0948 e. The van der Waals surface area contributed by atoms with Crippen molar-refractivity contribution >= 4 is 0 Å². The van der Waals surface area contributed by atoms with Crippen molar-refractivity contribution in [3.05, 3.63) is 35.4 Å². The summed E-state index contributed by atoms with van der Waals surface area (Å²) in [5, 5.41) is 10.8. The Kier molecular flexibility index (Phi) is 4.63. The molecule has 1 aliphatic heterocycles. The van der Waals surface area contributed by atoms with Crippen LogP contribution in [-0.4, -0.2) is 42.9 Å². The summed E-state index contributed by atoms with van der Waals surface area (Å²) in [6.45, 7) is 5.34. The highest BCUT2D eigenvalue weighted by molar-refractivity contribution is 5.35. The average molecular weight is 289 g/mol. The Bertz CT molecular complexity index is 468. The summed E-state index contributed by atoms with van der Waals surface area (Å²) in [6.07, 6.45) is 3.10. The largest absolute Gasteiger partial charge is 0.387 e. The molecule has 3 atom stereocenters. The molecule has 0 saturated carbocycles. The van der Waals surface area contributed by atoms with Gasteiger partial charge in [0.15, 0.2) is 0 Å². The van der Waals surface area contributed by atoms with Crippen LogP contribution in [0.1, 0.15) is 49.3 Å². The van der Waals surface area contributed by atoms with Gasteiger partial charge in [-0.3, -0.25) is 4.90 Å². The fraction of sp³-hybridized carbons (Fsp3) is 0.667. The normalized spacial score (nSPS) is 31.1. The molecule has 0 spiro atoms. The van der Waals surface area contributed by atoms with Gasteiger partial charge < -0.3 is 9.84 Å². The molecule has 1 aromatic rings. The number of nitrogens with zero attached hydrogens (tertiary/aromatic N) is 1. The van der Waals surface area contributed by atoms with Crippen molar-refractivity contribution in [3.8, 4) is 0 Å². The molecule has 116 valence electrons. The third-order valence-corrected chi connectivity index (χ3v) is 5.33. The van der Waals surface area contributed by atoms with Crippen LogP contribution in [0.3, 0.4) is 0 Å². The van der Waals surface area contributed by atoms with Gasteiger partial charge in [0, 0.05) is 19.8 Å². The molecule has 0 aromatic heterocycles. The number of hydrogen-bond acceptors (Lipinski definition) is 3. The van der Waals surface area contributed by atoms with Crippen molar-refractivity contribution < 1.29 is 9.84 Å². The van der Waals surface area contributed by atoms with E-state index in [1.165, 1.54) is 18.4 Å². The van der Waals surface area contributed by atoms with Crippen LogP contribution in [0.5, 0.6) is 0 Å². The molecule has 0 radical (unpaired) electrons. The minimum Gasteiger partial charge on any atom is -0.387 e. The third-order valence-electron chi connectivity index (χ3n) is 5.33. The number of hydrogen-bond donors (Lipinski definition) is 1. The topological polar surface area (TPSA) is 32.7 Å². The maximum atomic E-state index is 10.8. The highest BCUT2D eigenvalue weighted by Crippen LogP contribution is 2.40. The van der Waals surface area contributed by atoms with E-state index in [0.717, 1.165) is 31.7 Å². The van der Waals surface area contributed by atoms with Gasteiger partial charge in [0.05, 0.1) is 6.10 Å². The number of rotatable bonds is 3. The summed E-state index contributed by atoms with van der Waals surface area (Å²) >= 11 is 0. The van der Waals surface area contributed by atoms with E-state index in [1.54, 1.807) is 7.11 Å². The molecule has 1 fully saturated rings. The summed E-state index contributed by atoms with van der Waals surface area (Å²) in [7, 11) is 1.79. The SMILES string of the molecule is COCC1CCN(C2CC(C)c3ccccc3C2O)CC1. The predicted octanol–water partition coefficient (Wildman–Crippen LogP) is 2.95. The molecule has 0 bridgehead atoms. The number of aliphatic hydroxyl groups is 1. The lowest BCUT2D eigenvalue weighted by molar-refractivity contribution is 0.00468. The Labute approximate surface area is 127 Å². The van der Waals surface area contributed by atoms with E-state index >= 15 is 0 Å². The molecule has 1 aromatic carbocycles. The van der Waals surface area contributed by atoms with Gasteiger partial charge in [-0.15, -0.1) is 0 Å². The number of likely N-dealkylation sites (tertiary alicyclic amines) is 1. The lowest BCUT2D eigenvalue weighted by atomic mass is 9.78. The Balaban J connectivity index is 1.70. The van der Waals surface area contributed by atoms with Crippen molar-refractivity contribution in [2.45, 2.75) is 44.2 Å². The van der Waals surface area contributed by atoms with Crippen molar-refractivity contribution in [2.75, 3.05) is 26.8 Å². The Hall–Kier alpha value is -0.900. The summed E-state index contributed by atoms with van der Waals surface area (Å²) in [5.41, 5.74) is 2.47. The summed E-state index contributed by atoms with van der Waals surface area (Å²) in [4.78, 5) is 2.50. The van der Waals surface area contributed by atoms with Crippen LogP contribution < -0.4 is 0 Å². The second-order valence-corrected chi connectivity index (χ2v) is 6.71. The molecular formula is C18H27NO2. The number of benzene rings is 1. The quantitative estimate of drug-likeness (QED) is 0.928. The minimum absolute atomic E-state index is 0.276. The molecule has 3 heteroatoms. The second kappa shape index (κ2) is 6.47. The molecule has 1 N–H and O–H groups in total. The standard InChI is InChI=1S/C18H27NO2/c1-13-11-17(18(20)16-6-4-3-5-15(13)16)19-9-7-14(8-10-19)12-21-2/h3-6,13-14,17-18,20H,7-12H2,1-2H3. The summed E-state index contributed by atoms with van der Waals surface area (Å²) in [5.74, 6) is 1.22. The first-order chi connectivity index (χ1) is 10.2. The van der Waals surface area contributed by atoms with E-state index in [4.69, 9.17) is 4.74 Å². The molecular weight excluding hydrogens is 262 g/mol. The van der Waals surface area contributed by atoms with Gasteiger partial charge in [0.1, 0.15) is 0 Å². The Morgan fingerprint density at radius 3 is 2.52 bits per heavy atom. The van der Waals surface area contributed by atoms with Crippen LogP contribution in [0.25, 0.3) is 0 Å². The van der Waals surface area contributed by atoms with Crippen molar-refractivity contribution in [3.63, 3.8) is 0 Å². The molecule has 3 nitrogen and oxygen atoms in total. The summed E-state index contributed by atoms with van der Waals surface area (Å²) in [6, 6.07) is 8.67. The van der Waals surface area contributed by atoms with Crippen molar-refractivity contribution in [1.82, 2.24) is 4.90 Å². The fourth-order valence-electron chi connectivity index (χ4n) is 4.09. The van der Waals surface area contributed by atoms with Crippen LogP contribution in [-0.2, 0) is 4.74 Å². The average Bonchev–Trinajstić information content (AvgIpc) is 2.52. The molecule has 3 rings (SSSR count).